The summed E-state index contributed by atoms with van der Waals surface area (Å²) in [6.45, 7) is 0. The molecule has 0 amide bonds. The zero-order chi connectivity index (χ0) is 10.1. The van der Waals surface area contributed by atoms with Crippen molar-refractivity contribution in [2.45, 2.75) is 19.3 Å². The fraction of sp³-hybridized carbons (Fsp3) is 0.364. The summed E-state index contributed by atoms with van der Waals surface area (Å²) in [4.78, 5) is 10.8. The van der Waals surface area contributed by atoms with Gasteiger partial charge in [-0.3, -0.25) is 4.79 Å². The minimum Gasteiger partial charge on any atom is -0.494 e. The fourth-order valence-electron chi connectivity index (χ4n) is 1.99. The van der Waals surface area contributed by atoms with Gasteiger partial charge in [0, 0.05) is 0 Å². The lowest BCUT2D eigenvalue weighted by Crippen LogP contribution is -1.96. The lowest BCUT2D eigenvalue weighted by Gasteiger charge is -2.10. The third-order valence-electron chi connectivity index (χ3n) is 2.65. The number of rotatable bonds is 2. The van der Waals surface area contributed by atoms with Gasteiger partial charge in [-0.2, -0.15) is 0 Å². The fourth-order valence-corrected chi connectivity index (χ4v) is 2.39. The molecular weight excluding hydrogens is 200 g/mol. The molecule has 0 N–H and O–H groups in total. The highest BCUT2D eigenvalue weighted by Gasteiger charge is 2.20. The molecule has 0 heterocycles. The number of hydrogen-bond donors (Lipinski definition) is 0. The molecule has 1 aliphatic rings. The van der Waals surface area contributed by atoms with Crippen LogP contribution in [0.15, 0.2) is 6.07 Å². The van der Waals surface area contributed by atoms with Gasteiger partial charge >= 0.3 is 0 Å². The largest absolute Gasteiger partial charge is 0.494 e. The lowest BCUT2D eigenvalue weighted by atomic mass is 10.1. The molecule has 14 heavy (non-hydrogen) atoms. The number of ether oxygens (including phenoxy) is 1. The van der Waals surface area contributed by atoms with Crippen molar-refractivity contribution in [1.29, 1.82) is 0 Å². The Morgan fingerprint density at radius 2 is 2.29 bits per heavy atom. The Kier molecular flexibility index (Phi) is 2.46. The minimum atomic E-state index is 0.516. The number of carbonyl (C=O) groups excluding carboxylic acids is 1. The summed E-state index contributed by atoms with van der Waals surface area (Å²) in [5.41, 5.74) is 2.89. The van der Waals surface area contributed by atoms with Crippen LogP contribution in [0.4, 0.5) is 0 Å². The smallest absolute Gasteiger partial charge is 0.153 e. The summed E-state index contributed by atoms with van der Waals surface area (Å²) in [5.74, 6) is 0.516. The van der Waals surface area contributed by atoms with Crippen molar-refractivity contribution in [3.63, 3.8) is 0 Å². The molecular formula is C11H11ClO2. The summed E-state index contributed by atoms with van der Waals surface area (Å²) >= 11 is 6.15. The van der Waals surface area contributed by atoms with Gasteiger partial charge in [0.05, 0.1) is 17.7 Å². The first kappa shape index (κ1) is 9.53. The van der Waals surface area contributed by atoms with Gasteiger partial charge in [-0.05, 0) is 36.5 Å². The normalized spacial score (nSPS) is 13.9. The Morgan fingerprint density at radius 1 is 1.50 bits per heavy atom. The van der Waals surface area contributed by atoms with Crippen molar-refractivity contribution in [2.24, 2.45) is 0 Å². The van der Waals surface area contributed by atoms with Gasteiger partial charge < -0.3 is 4.74 Å². The predicted octanol–water partition coefficient (Wildman–Crippen LogP) is 2.65. The van der Waals surface area contributed by atoms with E-state index in [9.17, 15) is 4.79 Å². The van der Waals surface area contributed by atoms with E-state index in [-0.39, 0.29) is 0 Å². The number of fused-ring (bicyclic) bond motifs is 1. The number of carbonyl (C=O) groups is 1. The van der Waals surface area contributed by atoms with E-state index in [4.69, 9.17) is 16.3 Å². The van der Waals surface area contributed by atoms with Gasteiger partial charge in [0.2, 0.25) is 0 Å². The van der Waals surface area contributed by atoms with E-state index in [1.54, 1.807) is 0 Å². The highest BCUT2D eigenvalue weighted by Crippen LogP contribution is 2.37. The van der Waals surface area contributed by atoms with Crippen LogP contribution in [0.25, 0.3) is 0 Å². The molecule has 1 aliphatic carbocycles. The molecule has 1 aromatic rings. The molecule has 0 fully saturated rings. The highest BCUT2D eigenvalue weighted by atomic mass is 35.5. The van der Waals surface area contributed by atoms with Crippen molar-refractivity contribution >= 4 is 17.9 Å². The van der Waals surface area contributed by atoms with E-state index in [0.717, 1.165) is 31.1 Å². The van der Waals surface area contributed by atoms with Crippen molar-refractivity contribution in [3.05, 3.63) is 27.8 Å². The Balaban J connectivity index is 2.65. The third-order valence-corrected chi connectivity index (χ3v) is 3.05. The van der Waals surface area contributed by atoms with Crippen LogP contribution < -0.4 is 4.74 Å². The number of hydrogen-bond acceptors (Lipinski definition) is 2. The Hall–Kier alpha value is -1.02. The molecule has 0 saturated carbocycles. The maximum Gasteiger partial charge on any atom is 0.153 e. The zero-order valence-corrected chi connectivity index (χ0v) is 8.73. The van der Waals surface area contributed by atoms with Gasteiger partial charge in [-0.25, -0.2) is 0 Å². The third kappa shape index (κ3) is 1.30. The topological polar surface area (TPSA) is 26.3 Å². The van der Waals surface area contributed by atoms with E-state index in [1.807, 2.05) is 6.07 Å². The van der Waals surface area contributed by atoms with Crippen molar-refractivity contribution in [2.75, 3.05) is 7.11 Å². The summed E-state index contributed by atoms with van der Waals surface area (Å²) in [6.07, 6.45) is 3.91. The molecule has 0 aromatic heterocycles. The first-order chi connectivity index (χ1) is 6.77. The van der Waals surface area contributed by atoms with Crippen LogP contribution in [0.3, 0.4) is 0 Å². The predicted molar refractivity (Wildman–Crippen MR) is 55.4 cm³/mol. The molecule has 74 valence electrons. The van der Waals surface area contributed by atoms with Crippen LogP contribution in [0.2, 0.25) is 5.02 Å². The molecule has 0 atom stereocenters. The zero-order valence-electron chi connectivity index (χ0n) is 7.97. The first-order valence-corrected chi connectivity index (χ1v) is 4.99. The molecule has 0 saturated heterocycles. The van der Waals surface area contributed by atoms with E-state index < -0.39 is 0 Å². The summed E-state index contributed by atoms with van der Waals surface area (Å²) in [7, 11) is 1.54. The van der Waals surface area contributed by atoms with Crippen LogP contribution in [0, 0.1) is 0 Å². The average molecular weight is 211 g/mol. The monoisotopic (exact) mass is 210 g/mol. The van der Waals surface area contributed by atoms with Crippen LogP contribution in [0.1, 0.15) is 27.9 Å². The minimum absolute atomic E-state index is 0.516. The quantitative estimate of drug-likeness (QED) is 0.702. The number of benzene rings is 1. The Bertz CT molecular complexity index is 385. The number of aldehydes is 1. The van der Waals surface area contributed by atoms with E-state index in [2.05, 4.69) is 0 Å². The molecule has 1 aromatic carbocycles. The van der Waals surface area contributed by atoms with E-state index in [0.29, 0.717) is 16.3 Å². The van der Waals surface area contributed by atoms with Gasteiger partial charge in [-0.1, -0.05) is 11.6 Å². The maximum atomic E-state index is 10.8. The number of methoxy groups -OCH3 is 1. The van der Waals surface area contributed by atoms with Crippen molar-refractivity contribution in [1.82, 2.24) is 0 Å². The SMILES string of the molecule is COc1c(C=O)cc2c(c1Cl)CCC2. The first-order valence-electron chi connectivity index (χ1n) is 4.61. The van der Waals surface area contributed by atoms with Crippen molar-refractivity contribution < 1.29 is 9.53 Å². The summed E-state index contributed by atoms with van der Waals surface area (Å²) in [5, 5.41) is 0.615. The second kappa shape index (κ2) is 3.62. The van der Waals surface area contributed by atoms with E-state index in [1.165, 1.54) is 12.7 Å². The second-order valence-electron chi connectivity index (χ2n) is 3.42. The Morgan fingerprint density at radius 3 is 2.93 bits per heavy atom. The molecule has 2 nitrogen and oxygen atoms in total. The highest BCUT2D eigenvalue weighted by molar-refractivity contribution is 6.33. The molecule has 0 radical (unpaired) electrons. The molecule has 0 unspecified atom stereocenters. The maximum absolute atomic E-state index is 10.8. The van der Waals surface area contributed by atoms with Crippen LogP contribution >= 0.6 is 11.6 Å². The van der Waals surface area contributed by atoms with Crippen LogP contribution in [0.5, 0.6) is 5.75 Å². The second-order valence-corrected chi connectivity index (χ2v) is 3.80. The van der Waals surface area contributed by atoms with E-state index >= 15 is 0 Å². The van der Waals surface area contributed by atoms with Crippen LogP contribution in [-0.4, -0.2) is 13.4 Å². The lowest BCUT2D eigenvalue weighted by molar-refractivity contribution is 0.112. The summed E-state index contributed by atoms with van der Waals surface area (Å²) < 4.78 is 5.13. The molecule has 0 aliphatic heterocycles. The average Bonchev–Trinajstić information content (AvgIpc) is 2.65. The molecule has 3 heteroatoms. The molecule has 2 rings (SSSR count). The van der Waals surface area contributed by atoms with Gasteiger partial charge in [-0.15, -0.1) is 0 Å². The summed E-state index contributed by atoms with van der Waals surface area (Å²) in [6, 6.07) is 1.89. The van der Waals surface area contributed by atoms with Crippen molar-refractivity contribution in [3.8, 4) is 5.75 Å². The van der Waals surface area contributed by atoms with Gasteiger partial charge in [0.1, 0.15) is 5.75 Å². The molecule has 0 bridgehead atoms. The molecule has 0 spiro atoms. The number of aryl methyl sites for hydroxylation is 1. The standard InChI is InChI=1S/C11H11ClO2/c1-14-11-8(6-13)5-7-3-2-4-9(7)10(11)12/h5-6H,2-4H2,1H3. The van der Waals surface area contributed by atoms with Gasteiger partial charge in [0.25, 0.3) is 0 Å². The van der Waals surface area contributed by atoms with Gasteiger partial charge in [0.15, 0.2) is 6.29 Å². The van der Waals surface area contributed by atoms with Crippen LogP contribution in [-0.2, 0) is 12.8 Å². The number of halogens is 1. The Labute approximate surface area is 87.8 Å².